The first-order valence-electron chi connectivity index (χ1n) is 9.17. The minimum Gasteiger partial charge on any atom is -0.454 e. The van der Waals surface area contributed by atoms with Crippen LogP contribution in [0, 0.1) is 0 Å². The number of carbonyl (C=O) groups excluding carboxylic acids is 3. The number of hydrogen-bond donors (Lipinski definition) is 0. The number of likely N-dealkylation sites (N-methyl/N-ethyl adjacent to an activating group) is 1. The second-order valence-electron chi connectivity index (χ2n) is 6.75. The van der Waals surface area contributed by atoms with Gasteiger partial charge in [0.05, 0.1) is 12.6 Å². The van der Waals surface area contributed by atoms with Gasteiger partial charge < -0.3 is 23.8 Å². The van der Waals surface area contributed by atoms with Crippen molar-refractivity contribution in [2.45, 2.75) is 25.8 Å². The van der Waals surface area contributed by atoms with Gasteiger partial charge >= 0.3 is 12.1 Å². The molecule has 2 aliphatic rings. The summed E-state index contributed by atoms with van der Waals surface area (Å²) in [5, 5.41) is 0. The standard InChI is InChI=1S/C19H24N2O7/c1-13(18(23)14-5-6-15-16(9-14)26-11-25-15)20(2)19(24)28-12-27-17(22)10-21-7-3-4-8-21/h5-6,9,13H,3-4,7-8,10-12H2,1-2H3. The number of hydrogen-bond acceptors (Lipinski definition) is 8. The third-order valence-electron chi connectivity index (χ3n) is 4.86. The lowest BCUT2D eigenvalue weighted by Gasteiger charge is -2.23. The fourth-order valence-corrected chi connectivity index (χ4v) is 3.04. The molecule has 1 fully saturated rings. The Balaban J connectivity index is 1.45. The van der Waals surface area contributed by atoms with E-state index in [0.29, 0.717) is 17.1 Å². The van der Waals surface area contributed by atoms with Crippen LogP contribution < -0.4 is 9.47 Å². The van der Waals surface area contributed by atoms with Crippen molar-refractivity contribution in [2.24, 2.45) is 0 Å². The molecule has 1 unspecified atom stereocenters. The number of esters is 1. The molecule has 0 bridgehead atoms. The highest BCUT2D eigenvalue weighted by Crippen LogP contribution is 2.33. The topological polar surface area (TPSA) is 94.6 Å². The van der Waals surface area contributed by atoms with Crippen LogP contribution in [0.3, 0.4) is 0 Å². The number of benzene rings is 1. The molecule has 9 nitrogen and oxygen atoms in total. The molecular weight excluding hydrogens is 368 g/mol. The largest absolute Gasteiger partial charge is 0.454 e. The quantitative estimate of drug-likeness (QED) is 0.393. The number of rotatable bonds is 7. The number of ether oxygens (including phenoxy) is 4. The van der Waals surface area contributed by atoms with Crippen LogP contribution in [0.5, 0.6) is 11.5 Å². The Bertz CT molecular complexity index is 746. The Morgan fingerprint density at radius 2 is 1.86 bits per heavy atom. The van der Waals surface area contributed by atoms with Crippen molar-refractivity contribution in [3.05, 3.63) is 23.8 Å². The Morgan fingerprint density at radius 1 is 1.14 bits per heavy atom. The molecule has 1 saturated heterocycles. The van der Waals surface area contributed by atoms with Crippen LogP contribution in [-0.4, -0.2) is 74.0 Å². The van der Waals surface area contributed by atoms with Crippen molar-refractivity contribution >= 4 is 17.8 Å². The lowest BCUT2D eigenvalue weighted by molar-refractivity contribution is -0.153. The predicted octanol–water partition coefficient (Wildman–Crippen LogP) is 1.65. The van der Waals surface area contributed by atoms with E-state index < -0.39 is 24.9 Å². The minimum atomic E-state index is -0.770. The molecule has 1 aromatic rings. The summed E-state index contributed by atoms with van der Waals surface area (Å²) in [6.07, 6.45) is 1.39. The monoisotopic (exact) mass is 392 g/mol. The van der Waals surface area contributed by atoms with Crippen LogP contribution in [-0.2, 0) is 14.3 Å². The van der Waals surface area contributed by atoms with E-state index in [0.717, 1.165) is 30.8 Å². The van der Waals surface area contributed by atoms with Gasteiger partial charge in [-0.2, -0.15) is 0 Å². The minimum absolute atomic E-state index is 0.116. The van der Waals surface area contributed by atoms with Crippen molar-refractivity contribution in [1.29, 1.82) is 0 Å². The van der Waals surface area contributed by atoms with E-state index in [1.807, 2.05) is 4.90 Å². The molecule has 1 aromatic carbocycles. The highest BCUT2D eigenvalue weighted by Gasteiger charge is 2.26. The van der Waals surface area contributed by atoms with Crippen LogP contribution >= 0.6 is 0 Å². The van der Waals surface area contributed by atoms with Crippen LogP contribution in [0.4, 0.5) is 4.79 Å². The van der Waals surface area contributed by atoms with Crippen molar-refractivity contribution in [3.63, 3.8) is 0 Å². The molecule has 152 valence electrons. The van der Waals surface area contributed by atoms with Gasteiger partial charge in [0, 0.05) is 12.6 Å². The molecular formula is C19H24N2O7. The lowest BCUT2D eigenvalue weighted by Crippen LogP contribution is -2.41. The Morgan fingerprint density at radius 3 is 2.61 bits per heavy atom. The maximum Gasteiger partial charge on any atom is 0.413 e. The van der Waals surface area contributed by atoms with Gasteiger partial charge in [0.2, 0.25) is 13.6 Å². The molecule has 0 radical (unpaired) electrons. The third kappa shape index (κ3) is 4.72. The zero-order chi connectivity index (χ0) is 20.1. The van der Waals surface area contributed by atoms with E-state index in [2.05, 4.69) is 0 Å². The fraction of sp³-hybridized carbons (Fsp3) is 0.526. The van der Waals surface area contributed by atoms with Gasteiger partial charge in [0.15, 0.2) is 17.3 Å². The maximum atomic E-state index is 12.6. The third-order valence-corrected chi connectivity index (χ3v) is 4.86. The number of fused-ring (bicyclic) bond motifs is 1. The first-order chi connectivity index (χ1) is 13.5. The first-order valence-corrected chi connectivity index (χ1v) is 9.17. The molecule has 0 N–H and O–H groups in total. The average molecular weight is 392 g/mol. The highest BCUT2D eigenvalue weighted by atomic mass is 16.7. The van der Waals surface area contributed by atoms with E-state index in [9.17, 15) is 14.4 Å². The molecule has 2 heterocycles. The molecule has 0 spiro atoms. The smallest absolute Gasteiger partial charge is 0.413 e. The number of nitrogens with zero attached hydrogens (tertiary/aromatic N) is 2. The van der Waals surface area contributed by atoms with Gasteiger partial charge in [0.25, 0.3) is 0 Å². The molecule has 0 aliphatic carbocycles. The van der Waals surface area contributed by atoms with E-state index >= 15 is 0 Å². The average Bonchev–Trinajstić information content (AvgIpc) is 3.37. The Hall–Kier alpha value is -2.81. The number of carbonyl (C=O) groups is 3. The summed E-state index contributed by atoms with van der Waals surface area (Å²) in [4.78, 5) is 39.6. The summed E-state index contributed by atoms with van der Waals surface area (Å²) < 4.78 is 20.4. The van der Waals surface area contributed by atoms with E-state index in [1.165, 1.54) is 7.05 Å². The molecule has 0 saturated carbocycles. The van der Waals surface area contributed by atoms with Gasteiger partial charge in [-0.25, -0.2) is 4.79 Å². The second kappa shape index (κ2) is 8.92. The van der Waals surface area contributed by atoms with Crippen molar-refractivity contribution in [1.82, 2.24) is 9.80 Å². The molecule has 3 rings (SSSR count). The first kappa shape index (κ1) is 19.9. The van der Waals surface area contributed by atoms with Crippen LogP contribution in [0.25, 0.3) is 0 Å². The SMILES string of the molecule is CC(C(=O)c1ccc2c(c1)OCO2)N(C)C(=O)OCOC(=O)CN1CCCC1. The molecule has 9 heteroatoms. The number of Topliss-reactive ketones (excluding diaryl/α,β-unsaturated/α-hetero) is 1. The summed E-state index contributed by atoms with van der Waals surface area (Å²) in [5.41, 5.74) is 0.397. The lowest BCUT2D eigenvalue weighted by atomic mass is 10.0. The highest BCUT2D eigenvalue weighted by molar-refractivity contribution is 6.01. The Labute approximate surface area is 163 Å². The van der Waals surface area contributed by atoms with Crippen molar-refractivity contribution in [2.75, 3.05) is 40.3 Å². The predicted molar refractivity (Wildman–Crippen MR) is 97.2 cm³/mol. The van der Waals surface area contributed by atoms with E-state index in [-0.39, 0.29) is 19.1 Å². The molecule has 1 amide bonds. The molecule has 2 aliphatic heterocycles. The Kier molecular flexibility index (Phi) is 6.35. The number of likely N-dealkylation sites (tertiary alicyclic amines) is 1. The van der Waals surface area contributed by atoms with E-state index in [1.54, 1.807) is 25.1 Å². The van der Waals surface area contributed by atoms with E-state index in [4.69, 9.17) is 18.9 Å². The summed E-state index contributed by atoms with van der Waals surface area (Å²) in [6.45, 7) is 3.15. The molecule has 28 heavy (non-hydrogen) atoms. The van der Waals surface area contributed by atoms with Crippen LogP contribution in [0.1, 0.15) is 30.1 Å². The van der Waals surface area contributed by atoms with Gasteiger partial charge in [0.1, 0.15) is 0 Å². The molecule has 0 aromatic heterocycles. The summed E-state index contributed by atoms with van der Waals surface area (Å²) in [5.74, 6) is 0.353. The zero-order valence-corrected chi connectivity index (χ0v) is 16.0. The number of amides is 1. The van der Waals surface area contributed by atoms with Crippen LogP contribution in [0.2, 0.25) is 0 Å². The maximum absolute atomic E-state index is 12.6. The van der Waals surface area contributed by atoms with Gasteiger partial charge in [-0.05, 0) is 51.1 Å². The summed E-state index contributed by atoms with van der Waals surface area (Å²) in [6, 6.07) is 4.08. The van der Waals surface area contributed by atoms with Crippen LogP contribution in [0.15, 0.2) is 18.2 Å². The summed E-state index contributed by atoms with van der Waals surface area (Å²) in [7, 11) is 1.45. The van der Waals surface area contributed by atoms with Gasteiger partial charge in [-0.3, -0.25) is 14.5 Å². The van der Waals surface area contributed by atoms with Crippen molar-refractivity contribution < 1.29 is 33.3 Å². The van der Waals surface area contributed by atoms with Gasteiger partial charge in [-0.15, -0.1) is 0 Å². The van der Waals surface area contributed by atoms with Gasteiger partial charge in [-0.1, -0.05) is 0 Å². The normalized spacial score (nSPS) is 16.5. The number of ketones is 1. The zero-order valence-electron chi connectivity index (χ0n) is 16.0. The second-order valence-corrected chi connectivity index (χ2v) is 6.75. The van der Waals surface area contributed by atoms with Crippen molar-refractivity contribution in [3.8, 4) is 11.5 Å². The summed E-state index contributed by atoms with van der Waals surface area (Å²) >= 11 is 0. The molecule has 1 atom stereocenters. The fourth-order valence-electron chi connectivity index (χ4n) is 3.04.